The van der Waals surface area contributed by atoms with E-state index in [9.17, 15) is 73.7 Å². The van der Waals surface area contributed by atoms with E-state index in [2.05, 4.69) is 0 Å². The Kier molecular flexibility index (Phi) is 12.0. The minimum Gasteiger partial charge on any atom is -0.358 e. The highest BCUT2D eigenvalue weighted by atomic mass is 19.4. The van der Waals surface area contributed by atoms with E-state index in [1.54, 1.807) is 0 Å². The van der Waals surface area contributed by atoms with Crippen LogP contribution in [0.4, 0.5) is 55.5 Å². The fraction of sp³-hybridized carbons (Fsp3) is 0.524. The van der Waals surface area contributed by atoms with Crippen molar-refractivity contribution in [1.82, 2.24) is 9.13 Å². The van der Waals surface area contributed by atoms with Crippen LogP contribution in [-0.4, -0.2) is 48.8 Å². The van der Waals surface area contributed by atoms with E-state index in [1.807, 2.05) is 0 Å². The standard InChI is InChI=1S/C11H10F6N2O3.C10H10F4N2O3/c12-5-7-1-2-9(19(21)22)18(7)6-8(20)3-4-10(13,14)11(15,16)17;11-5-7-1-2-9(16(18)19)15(7)6-8(17)3-4-10(12,13)14/h1-2H,3-6H2;1-2H,3-6H2. The van der Waals surface area contributed by atoms with Gasteiger partial charge in [0.05, 0.1) is 6.42 Å². The first kappa shape index (κ1) is 35.0. The van der Waals surface area contributed by atoms with Gasteiger partial charge in [-0.2, -0.15) is 35.1 Å². The zero-order chi connectivity index (χ0) is 31.8. The first-order chi connectivity index (χ1) is 18.7. The third kappa shape index (κ3) is 10.5. The van der Waals surface area contributed by atoms with Crippen molar-refractivity contribution in [2.24, 2.45) is 0 Å². The molecule has 0 N–H and O–H groups in total. The second-order valence-corrected chi connectivity index (χ2v) is 8.21. The van der Waals surface area contributed by atoms with Gasteiger partial charge in [0.25, 0.3) is 0 Å². The highest BCUT2D eigenvalue weighted by Gasteiger charge is 2.56. The fourth-order valence-corrected chi connectivity index (χ4v) is 3.14. The van der Waals surface area contributed by atoms with Gasteiger partial charge in [-0.3, -0.25) is 9.59 Å². The normalized spacial score (nSPS) is 12.0. The SMILES string of the molecule is O=C(CCC(F)(F)C(F)(F)F)Cn1c(CF)ccc1[N+](=O)[O-].O=C(CCC(F)(F)F)Cn1c(CF)ccc1[N+](=O)[O-]. The number of halogens is 10. The van der Waals surface area contributed by atoms with E-state index in [0.717, 1.165) is 28.8 Å². The second-order valence-electron chi connectivity index (χ2n) is 8.21. The second kappa shape index (κ2) is 14.1. The van der Waals surface area contributed by atoms with E-state index < -0.39 is 103 Å². The number of carbonyl (C=O) groups excluding carboxylic acids is 2. The van der Waals surface area contributed by atoms with Crippen molar-refractivity contribution in [2.45, 2.75) is 70.4 Å². The molecule has 2 aromatic rings. The molecule has 0 radical (unpaired) electrons. The quantitative estimate of drug-likeness (QED) is 0.150. The zero-order valence-corrected chi connectivity index (χ0v) is 20.5. The largest absolute Gasteiger partial charge is 0.453 e. The van der Waals surface area contributed by atoms with Gasteiger partial charge in [-0.1, -0.05) is 0 Å². The van der Waals surface area contributed by atoms with Gasteiger partial charge in [0.15, 0.2) is 24.9 Å². The lowest BCUT2D eigenvalue weighted by atomic mass is 10.1. The molecule has 0 saturated heterocycles. The van der Waals surface area contributed by atoms with Crippen LogP contribution in [0.15, 0.2) is 24.3 Å². The van der Waals surface area contributed by atoms with Crippen LogP contribution in [0.2, 0.25) is 0 Å². The van der Waals surface area contributed by atoms with E-state index >= 15 is 0 Å². The smallest absolute Gasteiger partial charge is 0.358 e. The molecule has 2 rings (SSSR count). The molecule has 0 unspecified atom stereocenters. The fourth-order valence-electron chi connectivity index (χ4n) is 3.14. The molecule has 0 bridgehead atoms. The molecule has 2 heterocycles. The Bertz CT molecular complexity index is 1240. The van der Waals surface area contributed by atoms with E-state index in [0.29, 0.717) is 4.57 Å². The van der Waals surface area contributed by atoms with Crippen LogP contribution < -0.4 is 0 Å². The molecule has 2 aromatic heterocycles. The molecule has 41 heavy (non-hydrogen) atoms. The van der Waals surface area contributed by atoms with Crippen LogP contribution in [-0.2, 0) is 36.0 Å². The van der Waals surface area contributed by atoms with Gasteiger partial charge in [-0.15, -0.1) is 0 Å². The first-order valence-electron chi connectivity index (χ1n) is 11.1. The number of nitrogens with zero attached hydrogens (tertiary/aromatic N) is 4. The lowest BCUT2D eigenvalue weighted by Crippen LogP contribution is -2.36. The first-order valence-corrected chi connectivity index (χ1v) is 11.1. The van der Waals surface area contributed by atoms with Crippen LogP contribution in [0.5, 0.6) is 0 Å². The van der Waals surface area contributed by atoms with Crippen molar-refractivity contribution in [2.75, 3.05) is 0 Å². The molecule has 0 aliphatic heterocycles. The number of aromatic nitrogens is 2. The number of nitro groups is 2. The summed E-state index contributed by atoms with van der Waals surface area (Å²) in [5, 5.41) is 21.3. The van der Waals surface area contributed by atoms with Crippen LogP contribution in [0, 0.1) is 20.2 Å². The van der Waals surface area contributed by atoms with Crippen molar-refractivity contribution >= 4 is 23.2 Å². The number of hydrogen-bond donors (Lipinski definition) is 0. The van der Waals surface area contributed by atoms with E-state index in [4.69, 9.17) is 0 Å². The molecule has 0 atom stereocenters. The minimum absolute atomic E-state index is 0.118. The van der Waals surface area contributed by atoms with Gasteiger partial charge in [0.1, 0.15) is 24.5 Å². The Morgan fingerprint density at radius 1 is 0.683 bits per heavy atom. The summed E-state index contributed by atoms with van der Waals surface area (Å²) in [6.45, 7) is -3.69. The molecule has 0 spiro atoms. The monoisotopic (exact) mass is 614 g/mol. The van der Waals surface area contributed by atoms with Crippen molar-refractivity contribution in [1.29, 1.82) is 0 Å². The predicted molar refractivity (Wildman–Crippen MR) is 117 cm³/mol. The van der Waals surface area contributed by atoms with Gasteiger partial charge in [0, 0.05) is 31.4 Å². The van der Waals surface area contributed by atoms with Crippen molar-refractivity contribution in [3.05, 3.63) is 55.9 Å². The van der Waals surface area contributed by atoms with E-state index in [1.165, 1.54) is 0 Å². The molecule has 0 aliphatic carbocycles. The summed E-state index contributed by atoms with van der Waals surface area (Å²) >= 11 is 0. The molecule has 230 valence electrons. The summed E-state index contributed by atoms with van der Waals surface area (Å²) in [4.78, 5) is 42.3. The maximum Gasteiger partial charge on any atom is 0.453 e. The summed E-state index contributed by atoms with van der Waals surface area (Å²) in [6, 6.07) is 4.06. The van der Waals surface area contributed by atoms with Crippen molar-refractivity contribution in [3.63, 3.8) is 0 Å². The third-order valence-corrected chi connectivity index (χ3v) is 5.23. The number of Topliss-reactive ketones (excluding diaryl/α,β-unsaturated/α-hetero) is 2. The van der Waals surface area contributed by atoms with Gasteiger partial charge < -0.3 is 20.2 Å². The number of ketones is 2. The number of rotatable bonds is 13. The van der Waals surface area contributed by atoms with Gasteiger partial charge in [-0.25, -0.2) is 17.9 Å². The van der Waals surface area contributed by atoms with Gasteiger partial charge >= 0.3 is 29.9 Å². The maximum atomic E-state index is 12.7. The van der Waals surface area contributed by atoms with Crippen LogP contribution in [0.25, 0.3) is 0 Å². The number of alkyl halides is 10. The summed E-state index contributed by atoms with van der Waals surface area (Å²) in [7, 11) is 0. The summed E-state index contributed by atoms with van der Waals surface area (Å²) in [6.07, 6.45) is -15.3. The Hall–Kier alpha value is -4.00. The van der Waals surface area contributed by atoms with E-state index in [-0.39, 0.29) is 11.4 Å². The Balaban J connectivity index is 0.000000414. The summed E-state index contributed by atoms with van der Waals surface area (Å²) in [5.41, 5.74) is -0.366. The zero-order valence-electron chi connectivity index (χ0n) is 20.5. The Morgan fingerprint density at radius 2 is 1.05 bits per heavy atom. The minimum atomic E-state index is -5.78. The van der Waals surface area contributed by atoms with Crippen LogP contribution in [0.1, 0.15) is 37.1 Å². The molecule has 0 aromatic carbocycles. The molecular formula is C21H20F10N4O6. The predicted octanol–water partition coefficient (Wildman–Crippen LogP) is 6.19. The average Bonchev–Trinajstić information content (AvgIpc) is 3.44. The average molecular weight is 614 g/mol. The number of carbonyl (C=O) groups is 2. The van der Waals surface area contributed by atoms with Crippen molar-refractivity contribution < 1.29 is 63.3 Å². The topological polar surface area (TPSA) is 130 Å². The highest BCUT2D eigenvalue weighted by Crippen LogP contribution is 2.39. The van der Waals surface area contributed by atoms with Crippen LogP contribution in [0.3, 0.4) is 0 Å². The lowest BCUT2D eigenvalue weighted by Gasteiger charge is -2.18. The number of hydrogen-bond acceptors (Lipinski definition) is 6. The molecular weight excluding hydrogens is 594 g/mol. The molecule has 0 saturated carbocycles. The van der Waals surface area contributed by atoms with Gasteiger partial charge in [-0.05, 0) is 22.0 Å². The summed E-state index contributed by atoms with van der Waals surface area (Å²) < 4.78 is 124. The Morgan fingerprint density at radius 3 is 1.34 bits per heavy atom. The molecule has 0 amide bonds. The molecule has 10 nitrogen and oxygen atoms in total. The van der Waals surface area contributed by atoms with Gasteiger partial charge in [0.2, 0.25) is 0 Å². The summed E-state index contributed by atoms with van der Waals surface area (Å²) in [5.74, 6) is -8.14. The van der Waals surface area contributed by atoms with Crippen LogP contribution >= 0.6 is 0 Å². The molecule has 0 aliphatic rings. The molecule has 20 heteroatoms. The Labute approximate surface area is 222 Å². The van der Waals surface area contributed by atoms with Crippen molar-refractivity contribution in [3.8, 4) is 0 Å². The highest BCUT2D eigenvalue weighted by molar-refractivity contribution is 5.79. The molecule has 0 fully saturated rings. The lowest BCUT2D eigenvalue weighted by molar-refractivity contribution is -0.392. The maximum absolute atomic E-state index is 12.7. The third-order valence-electron chi connectivity index (χ3n) is 5.23.